The van der Waals surface area contributed by atoms with Gasteiger partial charge in [-0.15, -0.1) is 22.0 Å². The Balaban J connectivity index is 1.56. The van der Waals surface area contributed by atoms with E-state index >= 15 is 0 Å². The quantitative estimate of drug-likeness (QED) is 0.333. The highest BCUT2D eigenvalue weighted by Gasteiger charge is 2.15. The average Bonchev–Trinajstić information content (AvgIpc) is 3.15. The van der Waals surface area contributed by atoms with Crippen molar-refractivity contribution in [3.8, 4) is 5.75 Å². The molecule has 0 aliphatic carbocycles. The van der Waals surface area contributed by atoms with E-state index in [0.29, 0.717) is 27.2 Å². The second kappa shape index (κ2) is 11.8. The van der Waals surface area contributed by atoms with E-state index in [9.17, 15) is 4.79 Å². The van der Waals surface area contributed by atoms with Crippen LogP contribution in [0.4, 0.5) is 5.69 Å². The fraction of sp³-hybridized carbons (Fsp3) is 0.318. The Labute approximate surface area is 206 Å². The van der Waals surface area contributed by atoms with Crippen LogP contribution in [0.15, 0.2) is 41.6 Å². The molecule has 2 aromatic carbocycles. The number of carbonyl (C=O) groups is 1. The van der Waals surface area contributed by atoms with Crippen molar-refractivity contribution < 1.29 is 9.53 Å². The fourth-order valence-corrected chi connectivity index (χ4v) is 5.32. The molecule has 32 heavy (non-hydrogen) atoms. The number of benzene rings is 2. The number of nitrogens with one attached hydrogen (secondary N) is 1. The molecule has 1 N–H and O–H groups in total. The summed E-state index contributed by atoms with van der Waals surface area (Å²) in [6.07, 6.45) is 0. The van der Waals surface area contributed by atoms with Crippen molar-refractivity contribution in [2.75, 3.05) is 18.2 Å². The number of carbonyl (C=O) groups excluding carboxylic acids is 1. The van der Waals surface area contributed by atoms with Crippen LogP contribution >= 0.6 is 46.7 Å². The summed E-state index contributed by atoms with van der Waals surface area (Å²) in [6.45, 7) is 4.73. The predicted octanol–water partition coefficient (Wildman–Crippen LogP) is 6.09. The molecule has 6 nitrogen and oxygen atoms in total. The van der Waals surface area contributed by atoms with Gasteiger partial charge < -0.3 is 14.6 Å². The molecule has 170 valence electrons. The predicted molar refractivity (Wildman–Crippen MR) is 134 cm³/mol. The molecule has 1 amide bonds. The van der Waals surface area contributed by atoms with Crippen molar-refractivity contribution in [3.63, 3.8) is 0 Å². The summed E-state index contributed by atoms with van der Waals surface area (Å²) in [6, 6.07) is 11.2. The molecule has 3 aromatic rings. The van der Waals surface area contributed by atoms with Crippen LogP contribution in [0.25, 0.3) is 0 Å². The van der Waals surface area contributed by atoms with Gasteiger partial charge in [-0.2, -0.15) is 0 Å². The van der Waals surface area contributed by atoms with Crippen LogP contribution in [0, 0.1) is 6.92 Å². The summed E-state index contributed by atoms with van der Waals surface area (Å²) in [5, 5.41) is 13.5. The maximum Gasteiger partial charge on any atom is 0.234 e. The smallest absolute Gasteiger partial charge is 0.234 e. The first-order valence-electron chi connectivity index (χ1n) is 9.92. The molecular weight excluding hydrogens is 487 g/mol. The van der Waals surface area contributed by atoms with Crippen LogP contribution in [-0.4, -0.2) is 33.5 Å². The van der Waals surface area contributed by atoms with Crippen LogP contribution < -0.4 is 10.1 Å². The minimum Gasteiger partial charge on any atom is -0.495 e. The van der Waals surface area contributed by atoms with E-state index < -0.39 is 0 Å². The van der Waals surface area contributed by atoms with Crippen LogP contribution in [-0.2, 0) is 22.8 Å². The number of aryl methyl sites for hydroxylation is 1. The fourth-order valence-electron chi connectivity index (χ4n) is 2.98. The third kappa shape index (κ3) is 6.57. The molecule has 0 saturated heterocycles. The summed E-state index contributed by atoms with van der Waals surface area (Å²) in [7, 11) is 1.58. The van der Waals surface area contributed by atoms with E-state index in [1.165, 1.54) is 11.8 Å². The molecule has 0 atom stereocenters. The van der Waals surface area contributed by atoms with Gasteiger partial charge in [-0.3, -0.25) is 4.79 Å². The van der Waals surface area contributed by atoms with Gasteiger partial charge in [0.15, 0.2) is 5.16 Å². The molecule has 10 heteroatoms. The molecule has 3 rings (SSSR count). The first kappa shape index (κ1) is 24.8. The lowest BCUT2D eigenvalue weighted by Crippen LogP contribution is -2.15. The number of halogens is 2. The Morgan fingerprint density at radius 2 is 1.97 bits per heavy atom. The number of nitrogens with zero attached hydrogens (tertiary/aromatic N) is 3. The lowest BCUT2D eigenvalue weighted by atomic mass is 10.2. The number of rotatable bonds is 10. The van der Waals surface area contributed by atoms with Crippen molar-refractivity contribution in [1.82, 2.24) is 14.8 Å². The van der Waals surface area contributed by atoms with E-state index in [1.807, 2.05) is 48.7 Å². The van der Waals surface area contributed by atoms with Crippen molar-refractivity contribution in [2.24, 2.45) is 0 Å². The van der Waals surface area contributed by atoms with Crippen LogP contribution in [0.1, 0.15) is 23.9 Å². The highest BCUT2D eigenvalue weighted by Crippen LogP contribution is 2.28. The number of amides is 1. The molecular formula is C22H24Cl2N4O2S2. The Morgan fingerprint density at radius 1 is 1.16 bits per heavy atom. The topological polar surface area (TPSA) is 69.0 Å². The number of thioether (sulfide) groups is 2. The van der Waals surface area contributed by atoms with Gasteiger partial charge in [0.25, 0.3) is 0 Å². The lowest BCUT2D eigenvalue weighted by Gasteiger charge is -2.11. The molecule has 0 aliphatic rings. The van der Waals surface area contributed by atoms with Gasteiger partial charge >= 0.3 is 0 Å². The number of hydrogen-bond donors (Lipinski definition) is 1. The van der Waals surface area contributed by atoms with Gasteiger partial charge in [-0.1, -0.05) is 47.1 Å². The number of anilines is 1. The van der Waals surface area contributed by atoms with E-state index in [-0.39, 0.29) is 11.7 Å². The molecule has 0 unspecified atom stereocenters. The molecule has 0 saturated carbocycles. The van der Waals surface area contributed by atoms with E-state index in [0.717, 1.165) is 34.4 Å². The Morgan fingerprint density at radius 3 is 2.69 bits per heavy atom. The van der Waals surface area contributed by atoms with Crippen molar-refractivity contribution in [3.05, 3.63) is 63.4 Å². The van der Waals surface area contributed by atoms with E-state index in [4.69, 9.17) is 27.9 Å². The maximum absolute atomic E-state index is 12.5. The normalized spacial score (nSPS) is 10.9. The second-order valence-corrected chi connectivity index (χ2v) is 9.68. The minimum absolute atomic E-state index is 0.127. The Kier molecular flexibility index (Phi) is 9.16. The van der Waals surface area contributed by atoms with Gasteiger partial charge in [0, 0.05) is 22.3 Å². The van der Waals surface area contributed by atoms with Crippen LogP contribution in [0.2, 0.25) is 10.0 Å². The zero-order valence-corrected chi connectivity index (χ0v) is 21.2. The summed E-state index contributed by atoms with van der Waals surface area (Å²) in [5.74, 6) is 3.03. The SMILES string of the molecule is CCn1c(CSCc2ccc(Cl)cc2Cl)nnc1SCC(=O)Nc1cc(C)ccc1OC. The Bertz CT molecular complexity index is 1090. The first-order chi connectivity index (χ1) is 15.4. The molecule has 1 heterocycles. The number of ether oxygens (including phenoxy) is 1. The van der Waals surface area contributed by atoms with Crippen molar-refractivity contribution in [2.45, 2.75) is 37.1 Å². The summed E-state index contributed by atoms with van der Waals surface area (Å²) >= 11 is 15.3. The average molecular weight is 512 g/mol. The highest BCUT2D eigenvalue weighted by molar-refractivity contribution is 7.99. The number of hydrogen-bond acceptors (Lipinski definition) is 6. The molecule has 0 radical (unpaired) electrons. The highest BCUT2D eigenvalue weighted by atomic mass is 35.5. The largest absolute Gasteiger partial charge is 0.495 e. The van der Waals surface area contributed by atoms with Crippen LogP contribution in [0.5, 0.6) is 5.75 Å². The van der Waals surface area contributed by atoms with Crippen molar-refractivity contribution in [1.29, 1.82) is 0 Å². The number of methoxy groups -OCH3 is 1. The van der Waals surface area contributed by atoms with E-state index in [1.54, 1.807) is 24.9 Å². The number of aromatic nitrogens is 3. The minimum atomic E-state index is -0.127. The molecule has 0 bridgehead atoms. The zero-order valence-electron chi connectivity index (χ0n) is 18.0. The monoisotopic (exact) mass is 510 g/mol. The first-order valence-corrected chi connectivity index (χ1v) is 12.8. The second-order valence-electron chi connectivity index (χ2n) is 6.91. The van der Waals surface area contributed by atoms with Gasteiger partial charge in [0.05, 0.1) is 24.3 Å². The maximum atomic E-state index is 12.5. The summed E-state index contributed by atoms with van der Waals surface area (Å²) in [4.78, 5) is 12.5. The van der Waals surface area contributed by atoms with Gasteiger partial charge in [0.2, 0.25) is 5.91 Å². The Hall–Kier alpha value is -1.87. The lowest BCUT2D eigenvalue weighted by molar-refractivity contribution is -0.113. The van der Waals surface area contributed by atoms with Gasteiger partial charge in [-0.05, 0) is 49.2 Å². The van der Waals surface area contributed by atoms with Gasteiger partial charge in [-0.25, -0.2) is 0 Å². The third-order valence-corrected chi connectivity index (χ3v) is 7.11. The molecule has 0 aliphatic heterocycles. The third-order valence-electron chi connectivity index (χ3n) is 4.57. The molecule has 0 spiro atoms. The van der Waals surface area contributed by atoms with Crippen LogP contribution in [0.3, 0.4) is 0 Å². The molecule has 0 fully saturated rings. The zero-order chi connectivity index (χ0) is 23.1. The summed E-state index contributed by atoms with van der Waals surface area (Å²) < 4.78 is 7.35. The molecule has 1 aromatic heterocycles. The van der Waals surface area contributed by atoms with E-state index in [2.05, 4.69) is 15.5 Å². The standard InChI is InChI=1S/C22H24Cl2N4O2S2/c1-4-28-20(12-31-11-15-6-7-16(23)10-17(15)24)26-27-22(28)32-13-21(29)25-18-9-14(2)5-8-19(18)30-3/h5-10H,4,11-13H2,1-3H3,(H,25,29). The van der Waals surface area contributed by atoms with Gasteiger partial charge in [0.1, 0.15) is 11.6 Å². The van der Waals surface area contributed by atoms with Crippen molar-refractivity contribution >= 4 is 58.3 Å². The summed E-state index contributed by atoms with van der Waals surface area (Å²) in [5.41, 5.74) is 2.73.